The van der Waals surface area contributed by atoms with Crippen molar-refractivity contribution in [2.75, 3.05) is 21.0 Å². The number of hydrazone groups is 1. The number of amides is 1. The van der Waals surface area contributed by atoms with E-state index in [9.17, 15) is 4.79 Å². The summed E-state index contributed by atoms with van der Waals surface area (Å²) in [6.45, 7) is 0.161. The average molecular weight is 377 g/mol. The fourth-order valence-electron chi connectivity index (χ4n) is 2.42. The van der Waals surface area contributed by atoms with Gasteiger partial charge in [-0.2, -0.15) is 5.10 Å². The van der Waals surface area contributed by atoms with Crippen LogP contribution in [-0.4, -0.2) is 33.1 Å². The Bertz CT molecular complexity index is 854. The summed E-state index contributed by atoms with van der Waals surface area (Å²) in [7, 11) is 3.10. The molecule has 0 aliphatic carbocycles. The Kier molecular flexibility index (Phi) is 5.48. The third kappa shape index (κ3) is 4.00. The van der Waals surface area contributed by atoms with E-state index in [-0.39, 0.29) is 19.1 Å². The van der Waals surface area contributed by atoms with Gasteiger partial charge < -0.3 is 18.9 Å². The van der Waals surface area contributed by atoms with E-state index in [1.165, 1.54) is 6.21 Å². The maximum atomic E-state index is 12.1. The van der Waals surface area contributed by atoms with Gasteiger partial charge in [0.1, 0.15) is 0 Å². The number of fused-ring (bicyclic) bond motifs is 1. The molecule has 26 heavy (non-hydrogen) atoms. The summed E-state index contributed by atoms with van der Waals surface area (Å²) >= 11 is 6.15. The normalized spacial score (nSPS) is 12.3. The van der Waals surface area contributed by atoms with Crippen molar-refractivity contribution in [2.24, 2.45) is 5.10 Å². The molecular formula is C18H17ClN2O5. The van der Waals surface area contributed by atoms with Crippen molar-refractivity contribution in [3.63, 3.8) is 0 Å². The van der Waals surface area contributed by atoms with E-state index in [4.69, 9.17) is 30.5 Å². The van der Waals surface area contributed by atoms with E-state index in [2.05, 4.69) is 10.5 Å². The number of nitrogens with zero attached hydrogens (tertiary/aromatic N) is 1. The van der Waals surface area contributed by atoms with E-state index < -0.39 is 0 Å². The van der Waals surface area contributed by atoms with Crippen LogP contribution in [0.1, 0.15) is 11.1 Å². The van der Waals surface area contributed by atoms with Crippen molar-refractivity contribution in [2.45, 2.75) is 6.42 Å². The van der Waals surface area contributed by atoms with E-state index in [1.54, 1.807) is 44.6 Å². The number of halogens is 1. The van der Waals surface area contributed by atoms with Gasteiger partial charge in [0, 0.05) is 11.6 Å². The number of hydrogen-bond acceptors (Lipinski definition) is 6. The molecule has 1 amide bonds. The van der Waals surface area contributed by atoms with Gasteiger partial charge in [0.2, 0.25) is 12.7 Å². The molecule has 1 N–H and O–H groups in total. The fraction of sp³-hybridized carbons (Fsp3) is 0.222. The second-order valence-corrected chi connectivity index (χ2v) is 5.79. The molecule has 0 fully saturated rings. The Morgan fingerprint density at radius 2 is 1.92 bits per heavy atom. The number of hydrogen-bond donors (Lipinski definition) is 1. The first-order valence-electron chi connectivity index (χ1n) is 7.72. The zero-order valence-corrected chi connectivity index (χ0v) is 15.0. The highest BCUT2D eigenvalue weighted by Gasteiger charge is 2.15. The molecule has 136 valence electrons. The molecule has 0 unspecified atom stereocenters. The summed E-state index contributed by atoms with van der Waals surface area (Å²) in [5.41, 5.74) is 3.86. The number of rotatable bonds is 6. The summed E-state index contributed by atoms with van der Waals surface area (Å²) in [6.07, 6.45) is 1.60. The average Bonchev–Trinajstić information content (AvgIpc) is 3.08. The molecule has 0 saturated carbocycles. The van der Waals surface area contributed by atoms with Gasteiger partial charge >= 0.3 is 0 Å². The Balaban J connectivity index is 1.62. The summed E-state index contributed by atoms with van der Waals surface area (Å²) in [5, 5.41) is 4.39. The highest BCUT2D eigenvalue weighted by molar-refractivity contribution is 6.33. The first-order chi connectivity index (χ1) is 12.6. The van der Waals surface area contributed by atoms with Crippen LogP contribution in [-0.2, 0) is 11.2 Å². The number of benzene rings is 2. The van der Waals surface area contributed by atoms with Crippen LogP contribution >= 0.6 is 11.6 Å². The summed E-state index contributed by atoms with van der Waals surface area (Å²) < 4.78 is 20.9. The number of ether oxygens (including phenoxy) is 4. The highest BCUT2D eigenvalue weighted by Crippen LogP contribution is 2.36. The molecule has 8 heteroatoms. The molecule has 1 aliphatic heterocycles. The van der Waals surface area contributed by atoms with Crippen molar-refractivity contribution in [3.05, 3.63) is 46.5 Å². The van der Waals surface area contributed by atoms with Crippen LogP contribution in [0.4, 0.5) is 0 Å². The zero-order chi connectivity index (χ0) is 18.5. The van der Waals surface area contributed by atoms with Gasteiger partial charge in [0.25, 0.3) is 0 Å². The largest absolute Gasteiger partial charge is 0.493 e. The summed E-state index contributed by atoms with van der Waals surface area (Å²) in [4.78, 5) is 12.1. The molecule has 1 aliphatic rings. The molecule has 0 saturated heterocycles. The second kappa shape index (κ2) is 7.97. The van der Waals surface area contributed by atoms with E-state index >= 15 is 0 Å². The highest BCUT2D eigenvalue weighted by atomic mass is 35.5. The Hall–Kier alpha value is -2.93. The number of carbonyl (C=O) groups excluding carboxylic acids is 1. The SMILES string of the molecule is COc1ccc(CC(=O)N/N=C\c2cc3c(cc2Cl)OCO3)cc1OC. The molecule has 2 aromatic rings. The fourth-order valence-corrected chi connectivity index (χ4v) is 2.62. The maximum absolute atomic E-state index is 12.1. The van der Waals surface area contributed by atoms with Gasteiger partial charge in [-0.25, -0.2) is 5.43 Å². The van der Waals surface area contributed by atoms with Crippen LogP contribution in [0, 0.1) is 0 Å². The minimum absolute atomic E-state index is 0.145. The Morgan fingerprint density at radius 1 is 1.19 bits per heavy atom. The van der Waals surface area contributed by atoms with E-state index in [0.717, 1.165) is 5.56 Å². The van der Waals surface area contributed by atoms with Crippen molar-refractivity contribution in [1.29, 1.82) is 0 Å². The monoisotopic (exact) mass is 376 g/mol. The number of nitrogens with one attached hydrogen (secondary N) is 1. The van der Waals surface area contributed by atoms with E-state index in [0.29, 0.717) is 33.6 Å². The Morgan fingerprint density at radius 3 is 2.65 bits per heavy atom. The van der Waals surface area contributed by atoms with Crippen LogP contribution < -0.4 is 24.4 Å². The van der Waals surface area contributed by atoms with Crippen molar-refractivity contribution >= 4 is 23.7 Å². The van der Waals surface area contributed by atoms with Gasteiger partial charge in [-0.1, -0.05) is 17.7 Å². The molecule has 0 atom stereocenters. The van der Waals surface area contributed by atoms with Crippen molar-refractivity contribution < 1.29 is 23.7 Å². The van der Waals surface area contributed by atoms with Crippen molar-refractivity contribution in [3.8, 4) is 23.0 Å². The van der Waals surface area contributed by atoms with Crippen molar-refractivity contribution in [1.82, 2.24) is 5.43 Å². The van der Waals surface area contributed by atoms with Gasteiger partial charge in [0.15, 0.2) is 23.0 Å². The molecule has 0 bridgehead atoms. The molecule has 1 heterocycles. The third-order valence-corrected chi connectivity index (χ3v) is 4.02. The summed E-state index contributed by atoms with van der Waals surface area (Å²) in [5.74, 6) is 2.07. The van der Waals surface area contributed by atoms with Gasteiger partial charge in [-0.05, 0) is 23.8 Å². The summed E-state index contributed by atoms with van der Waals surface area (Å²) in [6, 6.07) is 8.64. The van der Waals surface area contributed by atoms with Gasteiger partial charge in [-0.3, -0.25) is 4.79 Å². The molecule has 7 nitrogen and oxygen atoms in total. The van der Waals surface area contributed by atoms with E-state index in [1.807, 2.05) is 0 Å². The van der Waals surface area contributed by atoms with Crippen LogP contribution in [0.2, 0.25) is 5.02 Å². The smallest absolute Gasteiger partial charge is 0.244 e. The molecular weight excluding hydrogens is 360 g/mol. The molecule has 2 aromatic carbocycles. The molecule has 0 aromatic heterocycles. The predicted molar refractivity (Wildman–Crippen MR) is 96.6 cm³/mol. The predicted octanol–water partition coefficient (Wildman–Crippen LogP) is 2.78. The lowest BCUT2D eigenvalue weighted by Crippen LogP contribution is -2.19. The Labute approximate surface area is 155 Å². The minimum Gasteiger partial charge on any atom is -0.493 e. The lowest BCUT2D eigenvalue weighted by molar-refractivity contribution is -0.120. The molecule has 0 spiro atoms. The first-order valence-corrected chi connectivity index (χ1v) is 8.10. The minimum atomic E-state index is -0.273. The van der Waals surface area contributed by atoms with Crippen LogP contribution in [0.25, 0.3) is 0 Å². The maximum Gasteiger partial charge on any atom is 0.244 e. The van der Waals surface area contributed by atoms with Gasteiger partial charge in [0.05, 0.1) is 31.9 Å². The van der Waals surface area contributed by atoms with Crippen LogP contribution in [0.3, 0.4) is 0 Å². The second-order valence-electron chi connectivity index (χ2n) is 5.39. The lowest BCUT2D eigenvalue weighted by atomic mass is 10.1. The molecule has 0 radical (unpaired) electrons. The topological polar surface area (TPSA) is 78.4 Å². The van der Waals surface area contributed by atoms with Gasteiger partial charge in [-0.15, -0.1) is 0 Å². The van der Waals surface area contributed by atoms with Crippen LogP contribution in [0.5, 0.6) is 23.0 Å². The third-order valence-electron chi connectivity index (χ3n) is 3.70. The quantitative estimate of drug-likeness (QED) is 0.619. The zero-order valence-electron chi connectivity index (χ0n) is 14.2. The standard InChI is InChI=1S/C18H17ClN2O5/c1-23-14-4-3-11(5-15(14)24-2)6-18(22)21-20-9-12-7-16-17(8-13(12)19)26-10-25-16/h3-5,7-9H,6,10H2,1-2H3,(H,21,22)/b20-9-. The lowest BCUT2D eigenvalue weighted by Gasteiger charge is -2.09. The first kappa shape index (κ1) is 17.9. The number of carbonyl (C=O) groups is 1. The van der Waals surface area contributed by atoms with Crippen LogP contribution in [0.15, 0.2) is 35.4 Å². The number of methoxy groups -OCH3 is 2. The molecule has 3 rings (SSSR count).